The molecule has 1 aromatic carbocycles. The highest BCUT2D eigenvalue weighted by Crippen LogP contribution is 2.40. The van der Waals surface area contributed by atoms with E-state index in [0.29, 0.717) is 25.0 Å². The third-order valence-electron chi connectivity index (χ3n) is 4.36. The van der Waals surface area contributed by atoms with Crippen LogP contribution in [-0.4, -0.2) is 46.0 Å². The third kappa shape index (κ3) is 2.79. The molecule has 1 fully saturated rings. The summed E-state index contributed by atoms with van der Waals surface area (Å²) in [7, 11) is 0. The SMILES string of the molecule is OCC[C@@H]1C[C@@H](O)[C@H](O)[C@]2(CCCc3ccccc3O2)O1. The molecule has 2 heterocycles. The van der Waals surface area contributed by atoms with Crippen LogP contribution in [-0.2, 0) is 11.2 Å². The number of rotatable bonds is 2. The number of aryl methyl sites for hydroxylation is 1. The lowest BCUT2D eigenvalue weighted by atomic mass is 9.90. The molecular formula is C16H22O5. The van der Waals surface area contributed by atoms with Crippen LogP contribution < -0.4 is 4.74 Å². The monoisotopic (exact) mass is 294 g/mol. The van der Waals surface area contributed by atoms with Crippen molar-refractivity contribution in [2.75, 3.05) is 6.61 Å². The zero-order valence-electron chi connectivity index (χ0n) is 11.9. The van der Waals surface area contributed by atoms with Crippen molar-refractivity contribution in [2.45, 2.75) is 56.2 Å². The fourth-order valence-electron chi connectivity index (χ4n) is 3.28. The van der Waals surface area contributed by atoms with Gasteiger partial charge < -0.3 is 24.8 Å². The van der Waals surface area contributed by atoms with E-state index < -0.39 is 18.0 Å². The minimum atomic E-state index is -1.22. The van der Waals surface area contributed by atoms with Crippen molar-refractivity contribution in [1.29, 1.82) is 0 Å². The van der Waals surface area contributed by atoms with Crippen LogP contribution in [0.4, 0.5) is 0 Å². The average molecular weight is 294 g/mol. The molecule has 3 N–H and O–H groups in total. The Morgan fingerprint density at radius 3 is 2.86 bits per heavy atom. The fraction of sp³-hybridized carbons (Fsp3) is 0.625. The summed E-state index contributed by atoms with van der Waals surface area (Å²) in [6.07, 6.45) is 0.631. The lowest BCUT2D eigenvalue weighted by Gasteiger charge is -2.46. The molecule has 3 rings (SSSR count). The molecule has 1 saturated heterocycles. The van der Waals surface area contributed by atoms with E-state index in [4.69, 9.17) is 14.6 Å². The molecule has 0 radical (unpaired) electrons. The van der Waals surface area contributed by atoms with Gasteiger partial charge in [0.1, 0.15) is 11.9 Å². The zero-order chi connectivity index (χ0) is 14.9. The molecule has 0 aliphatic carbocycles. The van der Waals surface area contributed by atoms with Gasteiger partial charge in [0.2, 0.25) is 5.79 Å². The lowest BCUT2D eigenvalue weighted by molar-refractivity contribution is -0.311. The van der Waals surface area contributed by atoms with E-state index in [9.17, 15) is 10.2 Å². The van der Waals surface area contributed by atoms with Gasteiger partial charge in [-0.3, -0.25) is 0 Å². The molecule has 1 spiro atoms. The molecule has 0 bridgehead atoms. The highest BCUT2D eigenvalue weighted by atomic mass is 16.7. The molecule has 21 heavy (non-hydrogen) atoms. The maximum Gasteiger partial charge on any atom is 0.239 e. The topological polar surface area (TPSA) is 79.2 Å². The number of aliphatic hydroxyl groups is 3. The highest BCUT2D eigenvalue weighted by molar-refractivity contribution is 5.35. The normalized spacial score (nSPS) is 35.9. The van der Waals surface area contributed by atoms with Gasteiger partial charge in [-0.25, -0.2) is 0 Å². The number of ether oxygens (including phenoxy) is 2. The molecular weight excluding hydrogens is 272 g/mol. The van der Waals surface area contributed by atoms with Gasteiger partial charge in [0.15, 0.2) is 0 Å². The lowest BCUT2D eigenvalue weighted by Crippen LogP contribution is -2.61. The second kappa shape index (κ2) is 5.93. The minimum Gasteiger partial charge on any atom is -0.459 e. The second-order valence-electron chi connectivity index (χ2n) is 5.88. The van der Waals surface area contributed by atoms with Crippen LogP contribution in [0.3, 0.4) is 0 Å². The minimum absolute atomic E-state index is 0.0137. The largest absolute Gasteiger partial charge is 0.459 e. The van der Waals surface area contributed by atoms with E-state index in [1.54, 1.807) is 0 Å². The van der Waals surface area contributed by atoms with Gasteiger partial charge >= 0.3 is 0 Å². The molecule has 2 aliphatic rings. The Labute approximate surface area is 124 Å². The quantitative estimate of drug-likeness (QED) is 0.758. The first kappa shape index (κ1) is 14.8. The summed E-state index contributed by atoms with van der Waals surface area (Å²) < 4.78 is 12.0. The van der Waals surface area contributed by atoms with Crippen LogP contribution in [0.1, 0.15) is 31.2 Å². The number of hydrogen-bond donors (Lipinski definition) is 3. The van der Waals surface area contributed by atoms with Crippen molar-refractivity contribution in [3.05, 3.63) is 29.8 Å². The van der Waals surface area contributed by atoms with Crippen LogP contribution >= 0.6 is 0 Å². The van der Waals surface area contributed by atoms with E-state index in [2.05, 4.69) is 0 Å². The van der Waals surface area contributed by atoms with Crippen LogP contribution in [0.25, 0.3) is 0 Å². The van der Waals surface area contributed by atoms with E-state index in [-0.39, 0.29) is 12.7 Å². The van der Waals surface area contributed by atoms with Gasteiger partial charge in [0.25, 0.3) is 0 Å². The number of aliphatic hydroxyl groups excluding tert-OH is 3. The molecule has 116 valence electrons. The van der Waals surface area contributed by atoms with Crippen molar-refractivity contribution in [3.63, 3.8) is 0 Å². The summed E-state index contributed by atoms with van der Waals surface area (Å²) in [4.78, 5) is 0. The van der Waals surface area contributed by atoms with Gasteiger partial charge in [0, 0.05) is 19.4 Å². The van der Waals surface area contributed by atoms with Gasteiger partial charge in [-0.2, -0.15) is 0 Å². The number of para-hydroxylation sites is 1. The molecule has 0 amide bonds. The third-order valence-corrected chi connectivity index (χ3v) is 4.36. The molecule has 0 aromatic heterocycles. The summed E-state index contributed by atoms with van der Waals surface area (Å²) in [6, 6.07) is 7.71. The Hall–Kier alpha value is -1.14. The van der Waals surface area contributed by atoms with Crippen molar-refractivity contribution < 1.29 is 24.8 Å². The standard InChI is InChI=1S/C16H22O5/c17-9-7-12-10-13(18)15(19)16(20-12)8-3-5-11-4-1-2-6-14(11)21-16/h1-2,4,6,12-13,15,17-19H,3,5,7-10H2/t12-,13-,15+,16-/m1/s1. The molecule has 1 aromatic rings. The number of hydrogen-bond acceptors (Lipinski definition) is 5. The molecule has 0 saturated carbocycles. The van der Waals surface area contributed by atoms with Crippen LogP contribution in [0.15, 0.2) is 24.3 Å². The molecule has 5 nitrogen and oxygen atoms in total. The molecule has 2 aliphatic heterocycles. The predicted molar refractivity (Wildman–Crippen MR) is 75.9 cm³/mol. The molecule has 4 atom stereocenters. The van der Waals surface area contributed by atoms with Gasteiger partial charge in [-0.15, -0.1) is 0 Å². The highest BCUT2D eigenvalue weighted by Gasteiger charge is 2.51. The smallest absolute Gasteiger partial charge is 0.239 e. The van der Waals surface area contributed by atoms with Crippen molar-refractivity contribution in [3.8, 4) is 5.75 Å². The predicted octanol–water partition coefficient (Wildman–Crippen LogP) is 0.991. The van der Waals surface area contributed by atoms with Crippen molar-refractivity contribution >= 4 is 0 Å². The number of benzene rings is 1. The van der Waals surface area contributed by atoms with E-state index in [1.165, 1.54) is 0 Å². The van der Waals surface area contributed by atoms with E-state index in [0.717, 1.165) is 18.4 Å². The van der Waals surface area contributed by atoms with Gasteiger partial charge in [-0.05, 0) is 30.9 Å². The first-order valence-electron chi connectivity index (χ1n) is 7.56. The maximum atomic E-state index is 10.4. The Morgan fingerprint density at radius 1 is 1.24 bits per heavy atom. The number of fused-ring (bicyclic) bond motifs is 1. The Morgan fingerprint density at radius 2 is 2.05 bits per heavy atom. The summed E-state index contributed by atoms with van der Waals surface area (Å²) in [5.74, 6) is -0.518. The van der Waals surface area contributed by atoms with Crippen LogP contribution in [0.2, 0.25) is 0 Å². The molecule has 5 heteroatoms. The van der Waals surface area contributed by atoms with Crippen LogP contribution in [0, 0.1) is 0 Å². The first-order chi connectivity index (χ1) is 10.1. The average Bonchev–Trinajstić information content (AvgIpc) is 2.65. The Kier molecular flexibility index (Phi) is 4.17. The van der Waals surface area contributed by atoms with Crippen molar-refractivity contribution in [1.82, 2.24) is 0 Å². The Balaban J connectivity index is 1.90. The summed E-state index contributed by atoms with van der Waals surface area (Å²) in [6.45, 7) is -0.0137. The van der Waals surface area contributed by atoms with E-state index in [1.807, 2.05) is 24.3 Å². The van der Waals surface area contributed by atoms with Crippen LogP contribution in [0.5, 0.6) is 5.75 Å². The van der Waals surface area contributed by atoms with Crippen molar-refractivity contribution in [2.24, 2.45) is 0 Å². The Bertz CT molecular complexity index is 491. The van der Waals surface area contributed by atoms with Gasteiger partial charge in [-0.1, -0.05) is 18.2 Å². The maximum absolute atomic E-state index is 10.4. The zero-order valence-corrected chi connectivity index (χ0v) is 11.9. The first-order valence-corrected chi connectivity index (χ1v) is 7.56. The summed E-state index contributed by atoms with van der Waals surface area (Å²) in [5, 5.41) is 29.7. The molecule has 0 unspecified atom stereocenters. The second-order valence-corrected chi connectivity index (χ2v) is 5.88. The summed E-state index contributed by atoms with van der Waals surface area (Å²) >= 11 is 0. The fourth-order valence-corrected chi connectivity index (χ4v) is 3.28. The van der Waals surface area contributed by atoms with Gasteiger partial charge in [0.05, 0.1) is 12.2 Å². The summed E-state index contributed by atoms with van der Waals surface area (Å²) in [5.41, 5.74) is 1.09. The van der Waals surface area contributed by atoms with E-state index >= 15 is 0 Å².